The molecule has 0 radical (unpaired) electrons. The van der Waals surface area contributed by atoms with Crippen molar-refractivity contribution in [1.82, 2.24) is 0 Å². The molecule has 0 fully saturated rings. The number of methoxy groups -OCH3 is 2. The molecule has 1 atom stereocenters. The molecule has 0 saturated heterocycles. The van der Waals surface area contributed by atoms with E-state index in [1.54, 1.807) is 14.2 Å². The molecule has 0 bridgehead atoms. The molecule has 0 amide bonds. The number of rotatable bonds is 4. The van der Waals surface area contributed by atoms with Crippen molar-refractivity contribution >= 4 is 17.1 Å². The highest BCUT2D eigenvalue weighted by molar-refractivity contribution is 7.80. The number of hydrogen-bond donors (Lipinski definition) is 1. The molecule has 1 aliphatic carbocycles. The van der Waals surface area contributed by atoms with Gasteiger partial charge in [-0.1, -0.05) is 18.3 Å². The molecule has 15 heavy (non-hydrogen) atoms. The summed E-state index contributed by atoms with van der Waals surface area (Å²) >= 11 is 5.20. The van der Waals surface area contributed by atoms with Crippen LogP contribution in [0.15, 0.2) is 23.2 Å². The summed E-state index contributed by atoms with van der Waals surface area (Å²) < 4.78 is 10.6. The highest BCUT2D eigenvalue weighted by Crippen LogP contribution is 2.27. The SMILES string of the molecule is COC1=C(OC)C(CC(C)N)=CCC1=S. The van der Waals surface area contributed by atoms with Gasteiger partial charge in [0.25, 0.3) is 0 Å². The van der Waals surface area contributed by atoms with Crippen LogP contribution < -0.4 is 5.73 Å². The average Bonchev–Trinajstić information content (AvgIpc) is 2.19. The number of allylic oxidation sites excluding steroid dienone is 3. The molecule has 0 spiro atoms. The second-order valence-corrected chi connectivity index (χ2v) is 4.10. The molecule has 3 nitrogen and oxygen atoms in total. The van der Waals surface area contributed by atoms with E-state index < -0.39 is 0 Å². The van der Waals surface area contributed by atoms with E-state index in [2.05, 4.69) is 6.08 Å². The maximum Gasteiger partial charge on any atom is 0.175 e. The molecule has 0 heterocycles. The summed E-state index contributed by atoms with van der Waals surface area (Å²) in [5.41, 5.74) is 6.85. The van der Waals surface area contributed by atoms with Gasteiger partial charge >= 0.3 is 0 Å². The molecule has 1 aliphatic rings. The maximum absolute atomic E-state index is 5.77. The molecule has 2 N–H and O–H groups in total. The van der Waals surface area contributed by atoms with Gasteiger partial charge in [-0.3, -0.25) is 0 Å². The molecular formula is C11H17NO2S. The summed E-state index contributed by atoms with van der Waals surface area (Å²) in [5.74, 6) is 1.40. The summed E-state index contributed by atoms with van der Waals surface area (Å²) in [4.78, 5) is 0.780. The van der Waals surface area contributed by atoms with E-state index in [1.807, 2.05) is 6.92 Å². The lowest BCUT2D eigenvalue weighted by atomic mass is 9.98. The van der Waals surface area contributed by atoms with Crippen LogP contribution in [0.5, 0.6) is 0 Å². The first kappa shape index (κ1) is 12.2. The minimum atomic E-state index is 0.103. The number of ether oxygens (including phenoxy) is 2. The number of thiocarbonyl (C=S) groups is 1. The van der Waals surface area contributed by atoms with Gasteiger partial charge in [0.15, 0.2) is 11.5 Å². The lowest BCUT2D eigenvalue weighted by Gasteiger charge is -2.21. The quantitative estimate of drug-likeness (QED) is 0.745. The van der Waals surface area contributed by atoms with Crippen molar-refractivity contribution in [2.24, 2.45) is 5.73 Å². The fourth-order valence-electron chi connectivity index (χ4n) is 1.63. The fraction of sp³-hybridized carbons (Fsp3) is 0.545. The molecule has 84 valence electrons. The summed E-state index contributed by atoms with van der Waals surface area (Å²) in [6.45, 7) is 1.97. The molecule has 0 aliphatic heterocycles. The Kier molecular flexibility index (Phi) is 4.29. The van der Waals surface area contributed by atoms with E-state index in [-0.39, 0.29) is 6.04 Å². The van der Waals surface area contributed by atoms with Gasteiger partial charge in [0, 0.05) is 12.5 Å². The lowest BCUT2D eigenvalue weighted by Crippen LogP contribution is -2.20. The van der Waals surface area contributed by atoms with Gasteiger partial charge in [0.05, 0.1) is 19.1 Å². The number of hydrogen-bond acceptors (Lipinski definition) is 4. The Balaban J connectivity index is 2.99. The summed E-state index contributed by atoms with van der Waals surface area (Å²) in [6.07, 6.45) is 3.57. The van der Waals surface area contributed by atoms with Crippen LogP contribution in [0.25, 0.3) is 0 Å². The van der Waals surface area contributed by atoms with Crippen LogP contribution in [0.1, 0.15) is 19.8 Å². The van der Waals surface area contributed by atoms with Crippen molar-refractivity contribution in [3.8, 4) is 0 Å². The molecular weight excluding hydrogens is 210 g/mol. The van der Waals surface area contributed by atoms with Crippen LogP contribution in [0.2, 0.25) is 0 Å². The second-order valence-electron chi connectivity index (χ2n) is 3.60. The van der Waals surface area contributed by atoms with E-state index in [4.69, 9.17) is 27.4 Å². The largest absolute Gasteiger partial charge is 0.493 e. The van der Waals surface area contributed by atoms with Gasteiger partial charge in [-0.25, -0.2) is 0 Å². The van der Waals surface area contributed by atoms with Crippen LogP contribution in [0.3, 0.4) is 0 Å². The van der Waals surface area contributed by atoms with Crippen LogP contribution >= 0.6 is 12.2 Å². The van der Waals surface area contributed by atoms with Crippen LogP contribution in [0.4, 0.5) is 0 Å². The predicted octanol–water partition coefficient (Wildman–Crippen LogP) is 1.93. The van der Waals surface area contributed by atoms with E-state index in [0.29, 0.717) is 5.76 Å². The minimum Gasteiger partial charge on any atom is -0.493 e. The van der Waals surface area contributed by atoms with E-state index >= 15 is 0 Å². The van der Waals surface area contributed by atoms with Crippen LogP contribution in [-0.4, -0.2) is 25.1 Å². The van der Waals surface area contributed by atoms with Gasteiger partial charge in [0.1, 0.15) is 0 Å². The number of nitrogens with two attached hydrogens (primary N) is 1. The minimum absolute atomic E-state index is 0.103. The van der Waals surface area contributed by atoms with Crippen molar-refractivity contribution in [3.63, 3.8) is 0 Å². The Bertz CT molecular complexity index is 319. The molecule has 0 aromatic rings. The first-order chi connectivity index (χ1) is 7.10. The van der Waals surface area contributed by atoms with Crippen molar-refractivity contribution in [3.05, 3.63) is 23.2 Å². The van der Waals surface area contributed by atoms with Gasteiger partial charge in [-0.15, -0.1) is 0 Å². The zero-order chi connectivity index (χ0) is 11.4. The van der Waals surface area contributed by atoms with E-state index in [1.165, 1.54) is 0 Å². The fourth-order valence-corrected chi connectivity index (χ4v) is 1.89. The monoisotopic (exact) mass is 227 g/mol. The smallest absolute Gasteiger partial charge is 0.175 e. The molecule has 0 aromatic carbocycles. The van der Waals surface area contributed by atoms with Crippen LogP contribution in [0, 0.1) is 0 Å². The van der Waals surface area contributed by atoms with Gasteiger partial charge in [-0.2, -0.15) is 0 Å². The molecule has 1 unspecified atom stereocenters. The van der Waals surface area contributed by atoms with Gasteiger partial charge in [0.2, 0.25) is 0 Å². The molecule has 1 rings (SSSR count). The van der Waals surface area contributed by atoms with Crippen molar-refractivity contribution < 1.29 is 9.47 Å². The van der Waals surface area contributed by atoms with Crippen molar-refractivity contribution in [2.75, 3.05) is 14.2 Å². The third-order valence-electron chi connectivity index (χ3n) is 2.24. The zero-order valence-electron chi connectivity index (χ0n) is 9.37. The maximum atomic E-state index is 5.77. The van der Waals surface area contributed by atoms with Crippen molar-refractivity contribution in [2.45, 2.75) is 25.8 Å². The summed E-state index contributed by atoms with van der Waals surface area (Å²) in [7, 11) is 3.23. The third-order valence-corrected chi connectivity index (χ3v) is 2.59. The third kappa shape index (κ3) is 2.79. The Hall–Kier alpha value is -0.870. The molecule has 0 aromatic heterocycles. The van der Waals surface area contributed by atoms with Gasteiger partial charge < -0.3 is 15.2 Å². The first-order valence-corrected chi connectivity index (χ1v) is 5.31. The zero-order valence-corrected chi connectivity index (χ0v) is 10.2. The lowest BCUT2D eigenvalue weighted by molar-refractivity contribution is 0.239. The molecule has 0 saturated carbocycles. The summed E-state index contributed by atoms with van der Waals surface area (Å²) in [6, 6.07) is 0.103. The highest BCUT2D eigenvalue weighted by Gasteiger charge is 2.22. The van der Waals surface area contributed by atoms with Gasteiger partial charge in [-0.05, 0) is 18.9 Å². The second kappa shape index (κ2) is 5.28. The van der Waals surface area contributed by atoms with E-state index in [0.717, 1.165) is 29.0 Å². The molecule has 4 heteroatoms. The average molecular weight is 227 g/mol. The Morgan fingerprint density at radius 2 is 2.00 bits per heavy atom. The van der Waals surface area contributed by atoms with E-state index in [9.17, 15) is 0 Å². The van der Waals surface area contributed by atoms with Crippen LogP contribution in [-0.2, 0) is 9.47 Å². The Morgan fingerprint density at radius 1 is 1.40 bits per heavy atom. The highest BCUT2D eigenvalue weighted by atomic mass is 32.1. The Morgan fingerprint density at radius 3 is 2.47 bits per heavy atom. The Labute approximate surface area is 95.9 Å². The van der Waals surface area contributed by atoms with Crippen molar-refractivity contribution in [1.29, 1.82) is 0 Å². The normalized spacial score (nSPS) is 18.7. The first-order valence-electron chi connectivity index (χ1n) is 4.90. The predicted molar refractivity (Wildman–Crippen MR) is 64.6 cm³/mol. The topological polar surface area (TPSA) is 44.5 Å². The summed E-state index contributed by atoms with van der Waals surface area (Å²) in [5, 5.41) is 0. The standard InChI is InChI=1S/C11H17NO2S/c1-7(12)6-8-4-5-9(15)11(14-3)10(8)13-2/h4,7H,5-6,12H2,1-3H3.